The van der Waals surface area contributed by atoms with Crippen molar-refractivity contribution in [3.05, 3.63) is 74.8 Å². The Morgan fingerprint density at radius 1 is 1.14 bits per heavy atom. The van der Waals surface area contributed by atoms with Crippen LogP contribution in [0.2, 0.25) is 0 Å². The van der Waals surface area contributed by atoms with Crippen molar-refractivity contribution in [2.75, 3.05) is 19.0 Å². The van der Waals surface area contributed by atoms with Crippen LogP contribution in [-0.2, 0) is 14.3 Å². The van der Waals surface area contributed by atoms with E-state index in [1.807, 2.05) is 0 Å². The normalized spacial score (nSPS) is 14.4. The Morgan fingerprint density at radius 2 is 1.92 bits per heavy atom. The number of thiocarbonyl (C=S) groups is 1. The molecule has 0 saturated carbocycles. The van der Waals surface area contributed by atoms with Crippen LogP contribution in [0.25, 0.3) is 17.2 Å². The molecule has 3 aromatic rings. The number of nitrogens with zero attached hydrogens (tertiary/aromatic N) is 1. The number of esters is 1. The van der Waals surface area contributed by atoms with Crippen molar-refractivity contribution >= 4 is 69.2 Å². The Hall–Kier alpha value is -3.61. The number of rotatable bonds is 7. The van der Waals surface area contributed by atoms with Gasteiger partial charge in [0.25, 0.3) is 5.91 Å². The van der Waals surface area contributed by atoms with Gasteiger partial charge in [-0.2, -0.15) is 0 Å². The molecular weight excluding hydrogens is 542 g/mol. The molecule has 2 amide bonds. The Balaban J connectivity index is 1.37. The number of hydrogen-bond acceptors (Lipinski definition) is 8. The number of thioether (sulfide) groups is 1. The molecule has 2 N–H and O–H groups in total. The van der Waals surface area contributed by atoms with Crippen LogP contribution < -0.4 is 5.32 Å². The number of aromatic hydroxyl groups is 1. The molecule has 2 aromatic carbocycles. The van der Waals surface area contributed by atoms with Crippen molar-refractivity contribution in [3.63, 3.8) is 0 Å². The fraction of sp³-hybridized carbons (Fsp3) is 0.120. The van der Waals surface area contributed by atoms with Gasteiger partial charge in [-0.3, -0.25) is 14.5 Å². The number of phenols is 1. The first-order valence-electron chi connectivity index (χ1n) is 10.7. The van der Waals surface area contributed by atoms with E-state index in [9.17, 15) is 28.3 Å². The zero-order valence-electron chi connectivity index (χ0n) is 19.1. The third-order valence-electron chi connectivity index (χ3n) is 5.27. The highest BCUT2D eigenvalue weighted by Gasteiger charge is 2.32. The molecule has 12 heteroatoms. The molecule has 1 saturated heterocycles. The molecule has 1 aromatic heterocycles. The minimum Gasteiger partial charge on any atom is -0.507 e. The van der Waals surface area contributed by atoms with E-state index in [2.05, 4.69) is 10.1 Å². The van der Waals surface area contributed by atoms with Crippen LogP contribution in [0.4, 0.5) is 14.5 Å². The summed E-state index contributed by atoms with van der Waals surface area (Å²) in [5.74, 6) is -3.67. The van der Waals surface area contributed by atoms with Gasteiger partial charge >= 0.3 is 5.97 Å². The average Bonchev–Trinajstić information content (AvgIpc) is 3.43. The number of nitrogens with one attached hydrogen (secondary N) is 1. The molecule has 190 valence electrons. The standard InChI is InChI=1S/C25H18F2N2O5S3/c1-34-24(33)17-4-3-15(10-20(17)30)28-22(31)6-7-29-23(32)21(37-25(29)35)11-16-8-14(12-36-16)13-2-5-18(26)19(27)9-13/h2-5,8-12,30H,6-7H2,1H3,(H,28,31)/b21-11-. The second-order valence-corrected chi connectivity index (χ2v) is 10.3. The lowest BCUT2D eigenvalue weighted by atomic mass is 10.1. The first kappa shape index (κ1) is 26.5. The van der Waals surface area contributed by atoms with E-state index in [0.717, 1.165) is 28.8 Å². The van der Waals surface area contributed by atoms with E-state index in [4.69, 9.17) is 12.2 Å². The molecule has 0 radical (unpaired) electrons. The molecule has 4 rings (SSSR count). The second kappa shape index (κ2) is 11.2. The third kappa shape index (κ3) is 6.04. The summed E-state index contributed by atoms with van der Waals surface area (Å²) < 4.78 is 31.6. The van der Waals surface area contributed by atoms with E-state index >= 15 is 0 Å². The number of thiophene rings is 1. The summed E-state index contributed by atoms with van der Waals surface area (Å²) in [4.78, 5) is 39.3. The van der Waals surface area contributed by atoms with Crippen LogP contribution >= 0.6 is 35.3 Å². The summed E-state index contributed by atoms with van der Waals surface area (Å²) in [6, 6.07) is 9.40. The van der Waals surface area contributed by atoms with Crippen molar-refractivity contribution in [2.45, 2.75) is 6.42 Å². The number of anilines is 1. The number of ether oxygens (including phenoxy) is 1. The van der Waals surface area contributed by atoms with Gasteiger partial charge in [-0.1, -0.05) is 30.0 Å². The molecule has 7 nitrogen and oxygen atoms in total. The zero-order valence-corrected chi connectivity index (χ0v) is 21.6. The molecular formula is C25H18F2N2O5S3. The van der Waals surface area contributed by atoms with E-state index in [1.54, 1.807) is 17.5 Å². The van der Waals surface area contributed by atoms with Crippen LogP contribution in [0, 0.1) is 11.6 Å². The number of hydrogen-bond donors (Lipinski definition) is 2. The Kier molecular flexibility index (Phi) is 8.00. The van der Waals surface area contributed by atoms with Crippen LogP contribution in [0.3, 0.4) is 0 Å². The molecule has 0 atom stereocenters. The maximum absolute atomic E-state index is 13.6. The number of carbonyl (C=O) groups excluding carboxylic acids is 3. The van der Waals surface area contributed by atoms with Crippen LogP contribution in [0.1, 0.15) is 21.7 Å². The van der Waals surface area contributed by atoms with Gasteiger partial charge in [0.15, 0.2) is 11.6 Å². The number of benzene rings is 2. The predicted octanol–water partition coefficient (Wildman–Crippen LogP) is 5.42. The molecule has 0 unspecified atom stereocenters. The Labute approximate surface area is 223 Å². The van der Waals surface area contributed by atoms with E-state index < -0.39 is 23.5 Å². The maximum Gasteiger partial charge on any atom is 0.341 e. The highest BCUT2D eigenvalue weighted by Crippen LogP contribution is 2.35. The second-order valence-electron chi connectivity index (χ2n) is 7.72. The predicted molar refractivity (Wildman–Crippen MR) is 142 cm³/mol. The summed E-state index contributed by atoms with van der Waals surface area (Å²) >= 11 is 7.76. The van der Waals surface area contributed by atoms with Gasteiger partial charge in [-0.25, -0.2) is 13.6 Å². The molecule has 1 aliphatic heterocycles. The summed E-state index contributed by atoms with van der Waals surface area (Å²) in [5.41, 5.74) is 1.44. The number of phenolic OH excluding ortho intramolecular Hbond substituents is 1. The SMILES string of the molecule is COC(=O)c1ccc(NC(=O)CCN2C(=O)/C(=C/c3cc(-c4ccc(F)c(F)c4)cs3)SC2=S)cc1O. The number of halogens is 2. The van der Waals surface area contributed by atoms with Gasteiger partial charge in [-0.05, 0) is 52.9 Å². The third-order valence-corrected chi connectivity index (χ3v) is 7.53. The molecule has 1 fully saturated rings. The van der Waals surface area contributed by atoms with Crippen molar-refractivity contribution in [3.8, 4) is 16.9 Å². The molecule has 0 spiro atoms. The molecule has 1 aliphatic rings. The topological polar surface area (TPSA) is 95.9 Å². The van der Waals surface area contributed by atoms with Crippen molar-refractivity contribution in [1.82, 2.24) is 4.90 Å². The van der Waals surface area contributed by atoms with Crippen molar-refractivity contribution in [1.29, 1.82) is 0 Å². The Morgan fingerprint density at radius 3 is 2.62 bits per heavy atom. The number of carbonyl (C=O) groups is 3. The smallest absolute Gasteiger partial charge is 0.341 e. The van der Waals surface area contributed by atoms with Crippen LogP contribution in [0.5, 0.6) is 5.75 Å². The lowest BCUT2D eigenvalue weighted by molar-refractivity contribution is -0.122. The van der Waals surface area contributed by atoms with Gasteiger partial charge < -0.3 is 15.2 Å². The van der Waals surface area contributed by atoms with E-state index in [-0.39, 0.29) is 35.9 Å². The highest BCUT2D eigenvalue weighted by atomic mass is 32.2. The molecule has 37 heavy (non-hydrogen) atoms. The molecule has 0 aliphatic carbocycles. The first-order valence-corrected chi connectivity index (χ1v) is 12.8. The van der Waals surface area contributed by atoms with Crippen LogP contribution in [0.15, 0.2) is 52.7 Å². The van der Waals surface area contributed by atoms with E-state index in [0.29, 0.717) is 20.4 Å². The largest absolute Gasteiger partial charge is 0.507 e. The minimum absolute atomic E-state index is 0.0347. The number of amides is 2. The fourth-order valence-electron chi connectivity index (χ4n) is 3.41. The number of methoxy groups -OCH3 is 1. The molecule has 2 heterocycles. The average molecular weight is 561 g/mol. The van der Waals surface area contributed by atoms with Gasteiger partial charge in [0.1, 0.15) is 15.6 Å². The Bertz CT molecular complexity index is 1450. The summed E-state index contributed by atoms with van der Waals surface area (Å²) in [5, 5.41) is 14.3. The quantitative estimate of drug-likeness (QED) is 0.227. The summed E-state index contributed by atoms with van der Waals surface area (Å²) in [7, 11) is 1.19. The summed E-state index contributed by atoms with van der Waals surface area (Å²) in [6.45, 7) is 0.0462. The van der Waals surface area contributed by atoms with Gasteiger partial charge in [0.05, 0.1) is 12.0 Å². The maximum atomic E-state index is 13.6. The first-order chi connectivity index (χ1) is 17.7. The van der Waals surface area contributed by atoms with Gasteiger partial charge in [0, 0.05) is 29.6 Å². The highest BCUT2D eigenvalue weighted by molar-refractivity contribution is 8.26. The zero-order chi connectivity index (χ0) is 26.7. The van der Waals surface area contributed by atoms with Crippen molar-refractivity contribution in [2.24, 2.45) is 0 Å². The van der Waals surface area contributed by atoms with Crippen LogP contribution in [-0.4, -0.2) is 45.8 Å². The van der Waals surface area contributed by atoms with E-state index in [1.165, 1.54) is 47.6 Å². The van der Waals surface area contributed by atoms with Gasteiger partial charge in [0.2, 0.25) is 5.91 Å². The fourth-order valence-corrected chi connectivity index (χ4v) is 5.63. The lowest BCUT2D eigenvalue weighted by Crippen LogP contribution is -2.31. The monoisotopic (exact) mass is 560 g/mol. The lowest BCUT2D eigenvalue weighted by Gasteiger charge is -2.14. The minimum atomic E-state index is -0.940. The van der Waals surface area contributed by atoms with Crippen molar-refractivity contribution < 1.29 is 33.0 Å². The van der Waals surface area contributed by atoms with Gasteiger partial charge in [-0.15, -0.1) is 11.3 Å². The molecule has 0 bridgehead atoms. The summed E-state index contributed by atoms with van der Waals surface area (Å²) in [6.07, 6.45) is 1.61.